The van der Waals surface area contributed by atoms with Gasteiger partial charge in [0.1, 0.15) is 23.6 Å². The lowest BCUT2D eigenvalue weighted by Crippen LogP contribution is -2.59. The van der Waals surface area contributed by atoms with Gasteiger partial charge in [0.15, 0.2) is 16.6 Å². The van der Waals surface area contributed by atoms with Gasteiger partial charge in [-0.05, 0) is 55.3 Å². The number of nitrogens with one attached hydrogen (secondary N) is 2. The molecule has 2 aromatic heterocycles. The maximum Gasteiger partial charge on any atom is 0.284 e. The predicted molar refractivity (Wildman–Crippen MR) is 198 cm³/mol. The van der Waals surface area contributed by atoms with Gasteiger partial charge in [-0.2, -0.15) is 0 Å². The second kappa shape index (κ2) is 15.2. The number of aldehydes is 1. The van der Waals surface area contributed by atoms with Crippen LogP contribution in [0.25, 0.3) is 10.4 Å². The number of benzene rings is 3. The molecule has 2 amide bonds. The van der Waals surface area contributed by atoms with Gasteiger partial charge in [0.25, 0.3) is 11.8 Å². The average molecular weight is 741 g/mol. The van der Waals surface area contributed by atoms with Crippen molar-refractivity contribution in [1.29, 1.82) is 0 Å². The number of amides is 2. The Morgan fingerprint density at radius 2 is 1.64 bits per heavy atom. The number of hydrogen-bond donors (Lipinski definition) is 2. The van der Waals surface area contributed by atoms with Crippen LogP contribution in [0.1, 0.15) is 49.1 Å². The molecule has 2 N–H and O–H groups in total. The summed E-state index contributed by atoms with van der Waals surface area (Å²) in [5.41, 5.74) is 4.18. The Morgan fingerprint density at radius 1 is 0.925 bits per heavy atom. The third kappa shape index (κ3) is 7.64. The maximum absolute atomic E-state index is 13.8. The monoisotopic (exact) mass is 740 g/mol. The number of carbonyl (C=O) groups is 3. The fourth-order valence-corrected chi connectivity index (χ4v) is 7.79. The molecule has 53 heavy (non-hydrogen) atoms. The van der Waals surface area contributed by atoms with Gasteiger partial charge in [-0.15, -0.1) is 11.3 Å². The zero-order chi connectivity index (χ0) is 37.1. The van der Waals surface area contributed by atoms with Crippen LogP contribution in [0.2, 0.25) is 0 Å². The van der Waals surface area contributed by atoms with Crippen LogP contribution in [0.4, 0.5) is 36.1 Å². The van der Waals surface area contributed by atoms with E-state index in [4.69, 9.17) is 4.74 Å². The number of rotatable bonds is 6. The molecule has 272 valence electrons. The molecule has 3 aliphatic heterocycles. The molecule has 5 aromatic rings. The van der Waals surface area contributed by atoms with Crippen LogP contribution >= 0.6 is 11.3 Å². The quantitative estimate of drug-likeness (QED) is 0.175. The molecule has 5 heterocycles. The van der Waals surface area contributed by atoms with Gasteiger partial charge in [-0.25, -0.2) is 23.1 Å². The lowest BCUT2D eigenvalue weighted by molar-refractivity contribution is -0.000510. The number of aromatic nitrogens is 2. The van der Waals surface area contributed by atoms with Crippen LogP contribution in [-0.4, -0.2) is 68.0 Å². The van der Waals surface area contributed by atoms with Crippen molar-refractivity contribution in [2.45, 2.75) is 19.3 Å². The molecule has 10 nitrogen and oxygen atoms in total. The van der Waals surface area contributed by atoms with Crippen molar-refractivity contribution >= 4 is 52.3 Å². The van der Waals surface area contributed by atoms with E-state index in [0.29, 0.717) is 40.8 Å². The Bertz CT molecular complexity index is 2140. The normalized spacial score (nSPS) is 15.5. The summed E-state index contributed by atoms with van der Waals surface area (Å²) in [5.74, 6) is -3.60. The summed E-state index contributed by atoms with van der Waals surface area (Å²) in [5, 5.41) is 5.14. The number of fused-ring (bicyclic) bond motifs is 3. The topological polar surface area (TPSA) is 117 Å². The first-order valence-electron chi connectivity index (χ1n) is 17.0. The molecule has 1 spiro atoms. The average Bonchev–Trinajstić information content (AvgIpc) is 3.54. The number of carbonyl (C=O) groups excluding carboxylic acids is 3. The minimum atomic E-state index is -1.18. The summed E-state index contributed by atoms with van der Waals surface area (Å²) in [4.78, 5) is 49.9. The second-order valence-electron chi connectivity index (χ2n) is 13.2. The maximum atomic E-state index is 13.8. The van der Waals surface area contributed by atoms with E-state index in [9.17, 15) is 27.6 Å². The fourth-order valence-electron chi connectivity index (χ4n) is 6.75. The van der Waals surface area contributed by atoms with E-state index in [2.05, 4.69) is 30.4 Å². The molecule has 0 unspecified atom stereocenters. The highest BCUT2D eigenvalue weighted by Gasteiger charge is 2.45. The third-order valence-electron chi connectivity index (χ3n) is 9.62. The van der Waals surface area contributed by atoms with E-state index in [1.54, 1.807) is 42.6 Å². The van der Waals surface area contributed by atoms with Gasteiger partial charge in [0.05, 0.1) is 16.1 Å². The van der Waals surface area contributed by atoms with Gasteiger partial charge >= 0.3 is 0 Å². The molecule has 2 fully saturated rings. The number of likely N-dealkylation sites (N-methyl/N-ethyl adjacent to an activating group) is 1. The standard InChI is InChI=1S/C20H21N3O3.C19H14F3N3OS/c24-12-15-3-5-16(6-4-15)22-19(25)17-2-1-9-21-18(17)23-13-20(14-23)7-10-26-11-8-20;1-25-7-6-14-17(11-4-2-3-5-15(11)25)27-19(23-14)18(26)24-16-12(21)8-10(20)9-13(16)22/h1-6,9,12H,7-8,10-11,13-14H2,(H,22,25);2-5,8-9H,6-7H2,1H3,(H,24,26). The molecule has 8 rings (SSSR count). The molecule has 3 aliphatic rings. The fraction of sp³-hybridized carbons (Fsp3) is 0.256. The Labute approximate surface area is 307 Å². The summed E-state index contributed by atoms with van der Waals surface area (Å²) in [6.45, 7) is 4.21. The summed E-state index contributed by atoms with van der Waals surface area (Å²) < 4.78 is 46.1. The Hall–Kier alpha value is -5.60. The van der Waals surface area contributed by atoms with Crippen LogP contribution in [0.15, 0.2) is 79.0 Å². The molecule has 0 aliphatic carbocycles. The van der Waals surface area contributed by atoms with Gasteiger partial charge in [0.2, 0.25) is 0 Å². The van der Waals surface area contributed by atoms with Gasteiger partial charge in [0, 0.05) is 92.6 Å². The lowest BCUT2D eigenvalue weighted by Gasteiger charge is -2.53. The van der Waals surface area contributed by atoms with E-state index in [0.717, 1.165) is 79.6 Å². The Morgan fingerprint density at radius 3 is 2.36 bits per heavy atom. The predicted octanol–water partition coefficient (Wildman–Crippen LogP) is 7.24. The molecular formula is C39H35F3N6O4S. The number of nitrogens with zero attached hydrogens (tertiary/aromatic N) is 4. The SMILES string of the molecule is CN1CCc2nc(C(=O)Nc3c(F)cc(F)cc3F)sc2-c2ccccc21.O=Cc1ccc(NC(=O)c2cccnc2N2CC3(CCOCC3)C2)cc1. The van der Waals surface area contributed by atoms with Crippen LogP contribution in [0, 0.1) is 22.9 Å². The number of thiazole rings is 1. The van der Waals surface area contributed by atoms with Gasteiger partial charge in [-0.1, -0.05) is 18.2 Å². The van der Waals surface area contributed by atoms with Crippen LogP contribution < -0.4 is 20.4 Å². The molecule has 3 aromatic carbocycles. The molecule has 0 atom stereocenters. The largest absolute Gasteiger partial charge is 0.381 e. The lowest BCUT2D eigenvalue weighted by atomic mass is 9.73. The first kappa shape index (κ1) is 35.8. The van der Waals surface area contributed by atoms with Crippen molar-refractivity contribution in [2.75, 3.05) is 60.3 Å². The molecular weight excluding hydrogens is 706 g/mol. The van der Waals surface area contributed by atoms with E-state index >= 15 is 0 Å². The number of halogens is 3. The summed E-state index contributed by atoms with van der Waals surface area (Å²) in [6.07, 6.45) is 5.28. The number of para-hydroxylation sites is 1. The highest BCUT2D eigenvalue weighted by atomic mass is 32.1. The smallest absolute Gasteiger partial charge is 0.284 e. The molecule has 0 saturated carbocycles. The highest BCUT2D eigenvalue weighted by Crippen LogP contribution is 2.42. The van der Waals surface area contributed by atoms with Gasteiger partial charge < -0.3 is 25.2 Å². The Balaban J connectivity index is 0.000000164. The number of ether oxygens (including phenoxy) is 1. The van der Waals surface area contributed by atoms with Crippen molar-refractivity contribution in [3.05, 3.63) is 118 Å². The zero-order valence-corrected chi connectivity index (χ0v) is 29.5. The minimum Gasteiger partial charge on any atom is -0.381 e. The molecule has 0 bridgehead atoms. The first-order chi connectivity index (χ1) is 25.6. The third-order valence-corrected chi connectivity index (χ3v) is 10.8. The van der Waals surface area contributed by atoms with E-state index in [1.807, 2.05) is 31.3 Å². The zero-order valence-electron chi connectivity index (χ0n) is 28.7. The summed E-state index contributed by atoms with van der Waals surface area (Å²) in [6, 6.07) is 19.2. The van der Waals surface area contributed by atoms with E-state index in [-0.39, 0.29) is 10.9 Å². The van der Waals surface area contributed by atoms with Crippen LogP contribution in [-0.2, 0) is 11.2 Å². The van der Waals surface area contributed by atoms with E-state index in [1.165, 1.54) is 11.3 Å². The van der Waals surface area contributed by atoms with Crippen molar-refractivity contribution in [3.8, 4) is 10.4 Å². The summed E-state index contributed by atoms with van der Waals surface area (Å²) in [7, 11) is 1.99. The first-order valence-corrected chi connectivity index (χ1v) is 17.9. The van der Waals surface area contributed by atoms with Crippen molar-refractivity contribution < 1.29 is 32.3 Å². The Kier molecular flexibility index (Phi) is 10.2. The van der Waals surface area contributed by atoms with E-state index < -0.39 is 29.0 Å². The number of pyridine rings is 1. The summed E-state index contributed by atoms with van der Waals surface area (Å²) >= 11 is 1.17. The second-order valence-corrected chi connectivity index (χ2v) is 14.2. The van der Waals surface area contributed by atoms with Crippen molar-refractivity contribution in [1.82, 2.24) is 9.97 Å². The highest BCUT2D eigenvalue weighted by molar-refractivity contribution is 7.17. The molecule has 0 radical (unpaired) electrons. The van der Waals surface area contributed by atoms with Gasteiger partial charge in [-0.3, -0.25) is 14.4 Å². The van der Waals surface area contributed by atoms with Crippen molar-refractivity contribution in [3.63, 3.8) is 0 Å². The molecule has 14 heteroatoms. The van der Waals surface area contributed by atoms with Crippen LogP contribution in [0.3, 0.4) is 0 Å². The molecule has 2 saturated heterocycles. The number of anilines is 4. The van der Waals surface area contributed by atoms with Crippen molar-refractivity contribution in [2.24, 2.45) is 5.41 Å². The minimum absolute atomic E-state index is 0.0995. The van der Waals surface area contributed by atoms with Crippen LogP contribution in [0.5, 0.6) is 0 Å². The number of hydrogen-bond acceptors (Lipinski definition) is 9.